The topological polar surface area (TPSA) is 103 Å². The Labute approximate surface area is 217 Å². The number of nitrogen functional groups attached to an aromatic ring is 1. The molecule has 1 saturated heterocycles. The summed E-state index contributed by atoms with van der Waals surface area (Å²) >= 11 is 6.31. The van der Waals surface area contributed by atoms with E-state index < -0.39 is 6.03 Å². The van der Waals surface area contributed by atoms with Crippen LogP contribution in [0.5, 0.6) is 5.75 Å². The average Bonchev–Trinajstić information content (AvgIpc) is 2.84. The molecule has 1 heterocycles. The van der Waals surface area contributed by atoms with Crippen molar-refractivity contribution in [2.75, 3.05) is 36.5 Å². The van der Waals surface area contributed by atoms with Gasteiger partial charge in [-0.1, -0.05) is 17.7 Å². The van der Waals surface area contributed by atoms with Gasteiger partial charge in [-0.2, -0.15) is 0 Å². The highest BCUT2D eigenvalue weighted by molar-refractivity contribution is 6.34. The Morgan fingerprint density at radius 3 is 2.42 bits per heavy atom. The molecule has 7 nitrogen and oxygen atoms in total. The molecule has 0 atom stereocenters. The van der Waals surface area contributed by atoms with E-state index in [0.717, 1.165) is 42.8 Å². The second kappa shape index (κ2) is 11.0. The predicted octanol–water partition coefficient (Wildman–Crippen LogP) is 6.07. The van der Waals surface area contributed by atoms with E-state index in [2.05, 4.69) is 22.6 Å². The van der Waals surface area contributed by atoms with Crippen molar-refractivity contribution in [1.82, 2.24) is 4.90 Å². The maximum Gasteiger partial charge on any atom is 0.323 e. The molecule has 0 radical (unpaired) electrons. The fraction of sp³-hybridized carbons (Fsp3) is 0.286. The number of halogens is 1. The van der Waals surface area contributed by atoms with Gasteiger partial charge in [0.2, 0.25) is 0 Å². The van der Waals surface area contributed by atoms with Gasteiger partial charge in [0.25, 0.3) is 0 Å². The number of hydrogen-bond acceptors (Lipinski definition) is 5. The molecular weight excluding hydrogens is 474 g/mol. The number of ether oxygens (including phenoxy) is 1. The molecule has 1 aliphatic rings. The SMILES string of the molecule is Cc1cc(C)c(NC(=O)Nc2ccc(N)c(C(=N)c3ccc(OC4CCN(C)CC4)cc3)c2)c(Cl)c1. The molecule has 2 amide bonds. The van der Waals surface area contributed by atoms with Crippen LogP contribution in [0.25, 0.3) is 0 Å². The number of benzene rings is 3. The molecular formula is C28H32ClN5O2. The smallest absolute Gasteiger partial charge is 0.323 e. The van der Waals surface area contributed by atoms with Crippen molar-refractivity contribution in [3.63, 3.8) is 0 Å². The molecule has 0 spiro atoms. The number of hydrogen-bond donors (Lipinski definition) is 4. The summed E-state index contributed by atoms with van der Waals surface area (Å²) in [5, 5.41) is 14.8. The van der Waals surface area contributed by atoms with E-state index >= 15 is 0 Å². The van der Waals surface area contributed by atoms with Crippen molar-refractivity contribution in [3.8, 4) is 5.75 Å². The van der Waals surface area contributed by atoms with E-state index in [1.165, 1.54) is 0 Å². The maximum atomic E-state index is 12.6. The highest BCUT2D eigenvalue weighted by Crippen LogP contribution is 2.28. The van der Waals surface area contributed by atoms with Gasteiger partial charge in [-0.15, -0.1) is 0 Å². The molecule has 1 aliphatic heterocycles. The zero-order valence-corrected chi connectivity index (χ0v) is 21.6. The van der Waals surface area contributed by atoms with E-state index in [1.807, 2.05) is 44.2 Å². The third-order valence-electron chi connectivity index (χ3n) is 6.36. The molecule has 0 saturated carbocycles. The minimum Gasteiger partial charge on any atom is -0.490 e. The van der Waals surface area contributed by atoms with Crippen LogP contribution in [0.2, 0.25) is 5.02 Å². The number of nitrogens with two attached hydrogens (primary N) is 1. The third kappa shape index (κ3) is 6.17. The van der Waals surface area contributed by atoms with Crippen molar-refractivity contribution >= 4 is 40.4 Å². The number of likely N-dealkylation sites (tertiary alicyclic amines) is 1. The number of nitrogens with one attached hydrogen (secondary N) is 3. The van der Waals surface area contributed by atoms with E-state index in [1.54, 1.807) is 24.3 Å². The van der Waals surface area contributed by atoms with Crippen LogP contribution in [0.15, 0.2) is 54.6 Å². The fourth-order valence-electron chi connectivity index (χ4n) is 4.35. The average molecular weight is 506 g/mol. The van der Waals surface area contributed by atoms with Crippen molar-refractivity contribution in [1.29, 1.82) is 5.41 Å². The number of carbonyl (C=O) groups is 1. The third-order valence-corrected chi connectivity index (χ3v) is 6.66. The van der Waals surface area contributed by atoms with Gasteiger partial charge in [-0.05, 0) is 93.4 Å². The van der Waals surface area contributed by atoms with E-state index in [-0.39, 0.29) is 11.8 Å². The van der Waals surface area contributed by atoms with Crippen LogP contribution in [0, 0.1) is 19.3 Å². The van der Waals surface area contributed by atoms with E-state index in [9.17, 15) is 4.79 Å². The quantitative estimate of drug-likeness (QED) is 0.241. The maximum absolute atomic E-state index is 12.6. The lowest BCUT2D eigenvalue weighted by atomic mass is 10.00. The minimum absolute atomic E-state index is 0.217. The van der Waals surface area contributed by atoms with Gasteiger partial charge in [0.05, 0.1) is 16.4 Å². The lowest BCUT2D eigenvalue weighted by Gasteiger charge is -2.29. The molecule has 0 unspecified atom stereocenters. The van der Waals surface area contributed by atoms with Gasteiger partial charge in [0, 0.05) is 35.6 Å². The summed E-state index contributed by atoms with van der Waals surface area (Å²) in [6.07, 6.45) is 2.23. The molecule has 188 valence electrons. The minimum atomic E-state index is -0.429. The highest BCUT2D eigenvalue weighted by Gasteiger charge is 2.18. The second-order valence-corrected chi connectivity index (χ2v) is 9.75. The van der Waals surface area contributed by atoms with Crippen molar-refractivity contribution in [3.05, 3.63) is 81.9 Å². The monoisotopic (exact) mass is 505 g/mol. The summed E-state index contributed by atoms with van der Waals surface area (Å²) in [5.74, 6) is 0.797. The molecule has 0 bridgehead atoms. The number of rotatable bonds is 6. The van der Waals surface area contributed by atoms with Gasteiger partial charge in [0.15, 0.2) is 0 Å². The fourth-order valence-corrected chi connectivity index (χ4v) is 4.72. The number of carbonyl (C=O) groups excluding carboxylic acids is 1. The van der Waals surface area contributed by atoms with Crippen molar-refractivity contribution < 1.29 is 9.53 Å². The molecule has 36 heavy (non-hydrogen) atoms. The molecule has 4 rings (SSSR count). The van der Waals surface area contributed by atoms with Crippen molar-refractivity contribution in [2.24, 2.45) is 0 Å². The standard InChI is InChI=1S/C28H32ClN5O2/c1-17-14-18(2)27(24(29)15-17)33-28(35)32-20-6-9-25(30)23(16-20)26(31)19-4-7-21(8-5-19)36-22-10-12-34(3)13-11-22/h4-9,14-16,22,31H,10-13,30H2,1-3H3,(H2,32,33,35). The summed E-state index contributed by atoms with van der Waals surface area (Å²) < 4.78 is 6.12. The van der Waals surface area contributed by atoms with Crippen LogP contribution >= 0.6 is 11.6 Å². The Bertz CT molecular complexity index is 1240. The first-order valence-corrected chi connectivity index (χ1v) is 12.4. The first kappa shape index (κ1) is 25.5. The van der Waals surface area contributed by atoms with Gasteiger partial charge in [-0.25, -0.2) is 4.79 Å². The molecule has 5 N–H and O–H groups in total. The van der Waals surface area contributed by atoms with Crippen LogP contribution in [0.1, 0.15) is 35.1 Å². The number of aryl methyl sites for hydroxylation is 2. The molecule has 0 aliphatic carbocycles. The normalized spacial score (nSPS) is 14.3. The number of nitrogens with zero attached hydrogens (tertiary/aromatic N) is 1. The lowest BCUT2D eigenvalue weighted by molar-refractivity contribution is 0.114. The number of urea groups is 1. The zero-order chi connectivity index (χ0) is 25.8. The van der Waals surface area contributed by atoms with E-state index in [4.69, 9.17) is 27.5 Å². The Hall–Kier alpha value is -3.55. The van der Waals surface area contributed by atoms with Crippen LogP contribution in [0.4, 0.5) is 21.9 Å². The van der Waals surface area contributed by atoms with E-state index in [0.29, 0.717) is 33.2 Å². The Morgan fingerprint density at radius 1 is 1.06 bits per heavy atom. The summed E-state index contributed by atoms with van der Waals surface area (Å²) in [4.78, 5) is 14.9. The molecule has 1 fully saturated rings. The lowest BCUT2D eigenvalue weighted by Crippen LogP contribution is -2.35. The van der Waals surface area contributed by atoms with Crippen LogP contribution in [-0.4, -0.2) is 42.9 Å². The Balaban J connectivity index is 1.43. The van der Waals surface area contributed by atoms with Crippen LogP contribution < -0.4 is 21.1 Å². The molecule has 0 aromatic heterocycles. The first-order valence-electron chi connectivity index (χ1n) is 12.0. The molecule has 8 heteroatoms. The van der Waals surface area contributed by atoms with Gasteiger partial charge in [0.1, 0.15) is 11.9 Å². The largest absolute Gasteiger partial charge is 0.490 e. The molecule has 3 aromatic rings. The summed E-state index contributed by atoms with van der Waals surface area (Å²) in [6.45, 7) is 5.91. The second-order valence-electron chi connectivity index (χ2n) is 9.34. The number of anilines is 3. The highest BCUT2D eigenvalue weighted by atomic mass is 35.5. The van der Waals surface area contributed by atoms with Crippen LogP contribution in [0.3, 0.4) is 0 Å². The zero-order valence-electron chi connectivity index (χ0n) is 20.8. The Morgan fingerprint density at radius 2 is 1.75 bits per heavy atom. The summed E-state index contributed by atoms with van der Waals surface area (Å²) in [6, 6.07) is 15.9. The first-order chi connectivity index (χ1) is 17.2. The summed E-state index contributed by atoms with van der Waals surface area (Å²) in [7, 11) is 2.12. The van der Waals surface area contributed by atoms with Crippen molar-refractivity contribution in [2.45, 2.75) is 32.8 Å². The van der Waals surface area contributed by atoms with Gasteiger partial charge < -0.3 is 26.0 Å². The Kier molecular flexibility index (Phi) is 7.82. The number of amides is 2. The van der Waals surface area contributed by atoms with Gasteiger partial charge in [-0.3, -0.25) is 5.41 Å². The molecule has 3 aromatic carbocycles. The summed E-state index contributed by atoms with van der Waals surface area (Å²) in [5.41, 5.74) is 11.1. The predicted molar refractivity (Wildman–Crippen MR) is 148 cm³/mol. The van der Waals surface area contributed by atoms with Gasteiger partial charge >= 0.3 is 6.03 Å². The number of piperidine rings is 1. The van der Waals surface area contributed by atoms with Crippen LogP contribution in [-0.2, 0) is 0 Å².